The summed E-state index contributed by atoms with van der Waals surface area (Å²) in [6, 6.07) is 10.2. The Labute approximate surface area is 104 Å². The van der Waals surface area contributed by atoms with Crippen LogP contribution in [0.3, 0.4) is 0 Å². The lowest BCUT2D eigenvalue weighted by Crippen LogP contribution is -2.42. The molecule has 1 saturated heterocycles. The van der Waals surface area contributed by atoms with Crippen molar-refractivity contribution in [3.05, 3.63) is 35.9 Å². The number of benzene rings is 1. The van der Waals surface area contributed by atoms with E-state index >= 15 is 0 Å². The molecule has 1 N–H and O–H groups in total. The molecule has 0 spiro atoms. The summed E-state index contributed by atoms with van der Waals surface area (Å²) in [4.78, 5) is 2.41. The van der Waals surface area contributed by atoms with Crippen molar-refractivity contribution in [2.75, 3.05) is 13.1 Å². The van der Waals surface area contributed by atoms with Crippen molar-refractivity contribution in [3.8, 4) is 0 Å². The number of nitrogens with zero attached hydrogens (tertiary/aromatic N) is 1. The average molecular weight is 233 g/mol. The topological polar surface area (TPSA) is 23.5 Å². The molecule has 0 bridgehead atoms. The molecule has 1 heterocycles. The summed E-state index contributed by atoms with van der Waals surface area (Å²) in [5, 5.41) is 10.4. The van der Waals surface area contributed by atoms with Crippen LogP contribution in [0.15, 0.2) is 30.3 Å². The third-order valence-corrected chi connectivity index (χ3v) is 3.99. The molecule has 1 aromatic carbocycles. The van der Waals surface area contributed by atoms with Gasteiger partial charge in [-0.25, -0.2) is 0 Å². The van der Waals surface area contributed by atoms with Crippen LogP contribution in [0.1, 0.15) is 38.4 Å². The molecule has 2 atom stereocenters. The fraction of sp³-hybridized carbons (Fsp3) is 0.600. The first-order chi connectivity index (χ1) is 8.18. The summed E-state index contributed by atoms with van der Waals surface area (Å²) in [5.74, 6) is 0.840. The molecule has 0 aromatic heterocycles. The number of rotatable bonds is 3. The van der Waals surface area contributed by atoms with Crippen molar-refractivity contribution in [1.82, 2.24) is 4.90 Å². The second kappa shape index (κ2) is 5.65. The van der Waals surface area contributed by atoms with Crippen LogP contribution >= 0.6 is 0 Å². The monoisotopic (exact) mass is 233 g/mol. The van der Waals surface area contributed by atoms with Crippen LogP contribution < -0.4 is 0 Å². The fourth-order valence-corrected chi connectivity index (χ4v) is 2.56. The predicted molar refractivity (Wildman–Crippen MR) is 70.8 cm³/mol. The molecule has 0 amide bonds. The van der Waals surface area contributed by atoms with E-state index in [9.17, 15) is 5.11 Å². The SMILES string of the molecule is CC1CCN(C(C)C(O)c2ccccc2)CC1. The molecule has 1 fully saturated rings. The number of hydrogen-bond donors (Lipinski definition) is 1. The summed E-state index contributed by atoms with van der Waals surface area (Å²) >= 11 is 0. The Kier molecular flexibility index (Phi) is 4.19. The van der Waals surface area contributed by atoms with Crippen LogP contribution in [0.4, 0.5) is 0 Å². The maximum Gasteiger partial charge on any atom is 0.0942 e. The first-order valence-electron chi connectivity index (χ1n) is 6.65. The van der Waals surface area contributed by atoms with E-state index in [0.29, 0.717) is 0 Å². The summed E-state index contributed by atoms with van der Waals surface area (Å²) in [6.45, 7) is 6.68. The lowest BCUT2D eigenvalue weighted by Gasteiger charge is -2.37. The average Bonchev–Trinajstić information content (AvgIpc) is 2.39. The molecular weight excluding hydrogens is 210 g/mol. The van der Waals surface area contributed by atoms with Crippen LogP contribution in [0.25, 0.3) is 0 Å². The van der Waals surface area contributed by atoms with E-state index in [1.807, 2.05) is 30.3 Å². The smallest absolute Gasteiger partial charge is 0.0942 e. The molecular formula is C15H23NO. The Morgan fingerprint density at radius 1 is 1.18 bits per heavy atom. The second-order valence-corrected chi connectivity index (χ2v) is 5.31. The Bertz CT molecular complexity index is 330. The van der Waals surface area contributed by atoms with Crippen LogP contribution in [0.2, 0.25) is 0 Å². The highest BCUT2D eigenvalue weighted by Gasteiger charge is 2.25. The molecule has 0 aliphatic carbocycles. The minimum Gasteiger partial charge on any atom is -0.387 e. The van der Waals surface area contributed by atoms with Gasteiger partial charge in [0.05, 0.1) is 6.10 Å². The number of aliphatic hydroxyl groups is 1. The van der Waals surface area contributed by atoms with Gasteiger partial charge in [-0.1, -0.05) is 37.3 Å². The van der Waals surface area contributed by atoms with Gasteiger partial charge in [0.2, 0.25) is 0 Å². The summed E-state index contributed by atoms with van der Waals surface area (Å²) in [7, 11) is 0. The van der Waals surface area contributed by atoms with E-state index in [1.54, 1.807) is 0 Å². The van der Waals surface area contributed by atoms with E-state index in [0.717, 1.165) is 24.6 Å². The first kappa shape index (κ1) is 12.6. The molecule has 1 aromatic rings. The summed E-state index contributed by atoms with van der Waals surface area (Å²) in [5.41, 5.74) is 1.03. The molecule has 2 heteroatoms. The molecule has 2 rings (SSSR count). The number of piperidine rings is 1. The minimum atomic E-state index is -0.371. The molecule has 0 saturated carbocycles. The van der Waals surface area contributed by atoms with Gasteiger partial charge in [-0.3, -0.25) is 4.90 Å². The number of aliphatic hydroxyl groups excluding tert-OH is 1. The zero-order valence-electron chi connectivity index (χ0n) is 10.8. The Morgan fingerprint density at radius 2 is 1.76 bits per heavy atom. The maximum absolute atomic E-state index is 10.4. The van der Waals surface area contributed by atoms with E-state index in [2.05, 4.69) is 18.7 Å². The molecule has 17 heavy (non-hydrogen) atoms. The standard InChI is InChI=1S/C15H23NO/c1-12-8-10-16(11-9-12)13(2)15(17)14-6-4-3-5-7-14/h3-7,12-13,15,17H,8-11H2,1-2H3. The van der Waals surface area contributed by atoms with E-state index < -0.39 is 0 Å². The van der Waals surface area contributed by atoms with E-state index in [4.69, 9.17) is 0 Å². The molecule has 2 nitrogen and oxygen atoms in total. The maximum atomic E-state index is 10.4. The van der Waals surface area contributed by atoms with Gasteiger partial charge in [0.15, 0.2) is 0 Å². The normalized spacial score (nSPS) is 22.3. The van der Waals surface area contributed by atoms with Crippen LogP contribution in [-0.4, -0.2) is 29.1 Å². The van der Waals surface area contributed by atoms with Gasteiger partial charge in [0, 0.05) is 6.04 Å². The highest BCUT2D eigenvalue weighted by molar-refractivity contribution is 5.18. The van der Waals surface area contributed by atoms with Gasteiger partial charge in [-0.2, -0.15) is 0 Å². The second-order valence-electron chi connectivity index (χ2n) is 5.31. The highest BCUT2D eigenvalue weighted by atomic mass is 16.3. The highest BCUT2D eigenvalue weighted by Crippen LogP contribution is 2.25. The van der Waals surface area contributed by atoms with Crippen molar-refractivity contribution in [3.63, 3.8) is 0 Å². The molecule has 1 aliphatic heterocycles. The van der Waals surface area contributed by atoms with Crippen LogP contribution in [0, 0.1) is 5.92 Å². The lowest BCUT2D eigenvalue weighted by atomic mass is 9.95. The van der Waals surface area contributed by atoms with Gasteiger partial charge in [-0.05, 0) is 44.3 Å². The summed E-state index contributed by atoms with van der Waals surface area (Å²) in [6.07, 6.45) is 2.14. The zero-order valence-corrected chi connectivity index (χ0v) is 10.8. The fourth-order valence-electron chi connectivity index (χ4n) is 2.56. The quantitative estimate of drug-likeness (QED) is 0.867. The lowest BCUT2D eigenvalue weighted by molar-refractivity contribution is 0.0390. The van der Waals surface area contributed by atoms with Crippen molar-refractivity contribution in [2.45, 2.75) is 38.8 Å². The van der Waals surface area contributed by atoms with Gasteiger partial charge in [-0.15, -0.1) is 0 Å². The molecule has 0 radical (unpaired) electrons. The van der Waals surface area contributed by atoms with Gasteiger partial charge in [0.1, 0.15) is 0 Å². The zero-order chi connectivity index (χ0) is 12.3. The van der Waals surface area contributed by atoms with Crippen molar-refractivity contribution in [1.29, 1.82) is 0 Å². The van der Waals surface area contributed by atoms with Gasteiger partial charge >= 0.3 is 0 Å². The first-order valence-corrected chi connectivity index (χ1v) is 6.65. The van der Waals surface area contributed by atoms with Crippen molar-refractivity contribution < 1.29 is 5.11 Å². The molecule has 1 aliphatic rings. The molecule has 94 valence electrons. The number of likely N-dealkylation sites (tertiary alicyclic amines) is 1. The largest absolute Gasteiger partial charge is 0.387 e. The Morgan fingerprint density at radius 3 is 2.35 bits per heavy atom. The summed E-state index contributed by atoms with van der Waals surface area (Å²) < 4.78 is 0. The van der Waals surface area contributed by atoms with E-state index in [-0.39, 0.29) is 12.1 Å². The van der Waals surface area contributed by atoms with E-state index in [1.165, 1.54) is 12.8 Å². The van der Waals surface area contributed by atoms with Gasteiger partial charge in [0.25, 0.3) is 0 Å². The third-order valence-electron chi connectivity index (χ3n) is 3.99. The number of hydrogen-bond acceptors (Lipinski definition) is 2. The van der Waals surface area contributed by atoms with Crippen LogP contribution in [-0.2, 0) is 0 Å². The van der Waals surface area contributed by atoms with Gasteiger partial charge < -0.3 is 5.11 Å². The Hall–Kier alpha value is -0.860. The molecule has 2 unspecified atom stereocenters. The van der Waals surface area contributed by atoms with Crippen molar-refractivity contribution in [2.24, 2.45) is 5.92 Å². The predicted octanol–water partition coefficient (Wildman–Crippen LogP) is 2.84. The van der Waals surface area contributed by atoms with Crippen molar-refractivity contribution >= 4 is 0 Å². The Balaban J connectivity index is 1.98. The third kappa shape index (κ3) is 3.08. The minimum absolute atomic E-state index is 0.213. The van der Waals surface area contributed by atoms with Crippen LogP contribution in [0.5, 0.6) is 0 Å².